The first-order chi connectivity index (χ1) is 9.65. The van der Waals surface area contributed by atoms with Crippen molar-refractivity contribution in [2.45, 2.75) is 63.4 Å². The number of rotatable bonds is 3. The summed E-state index contributed by atoms with van der Waals surface area (Å²) in [7, 11) is 0. The van der Waals surface area contributed by atoms with Gasteiger partial charge in [-0.2, -0.15) is 0 Å². The molecular weight excluding hydrogens is 252 g/mol. The Morgan fingerprint density at radius 3 is 2.75 bits per heavy atom. The molecule has 20 heavy (non-hydrogen) atoms. The number of hydrogen-bond acceptors (Lipinski definition) is 3. The molecule has 0 amide bonds. The molecule has 2 saturated carbocycles. The van der Waals surface area contributed by atoms with Crippen LogP contribution >= 0.6 is 0 Å². The minimum Gasteiger partial charge on any atom is -0.462 e. The third kappa shape index (κ3) is 3.25. The molecule has 0 aromatic rings. The van der Waals surface area contributed by atoms with Crippen molar-refractivity contribution in [3.05, 3.63) is 12.2 Å². The van der Waals surface area contributed by atoms with Crippen molar-refractivity contribution >= 4 is 5.97 Å². The lowest BCUT2D eigenvalue weighted by Gasteiger charge is -2.36. The summed E-state index contributed by atoms with van der Waals surface area (Å²) in [5, 5.41) is 10.4. The van der Waals surface area contributed by atoms with Gasteiger partial charge in [-0.1, -0.05) is 31.4 Å². The van der Waals surface area contributed by atoms with E-state index in [0.717, 1.165) is 44.9 Å². The molecule has 2 bridgehead atoms. The van der Waals surface area contributed by atoms with Crippen molar-refractivity contribution < 1.29 is 14.6 Å². The van der Waals surface area contributed by atoms with Gasteiger partial charge in [0.1, 0.15) is 6.61 Å². The summed E-state index contributed by atoms with van der Waals surface area (Å²) in [5.41, 5.74) is -0.752. The Hall–Kier alpha value is -0.830. The molecule has 0 heterocycles. The zero-order valence-corrected chi connectivity index (χ0v) is 12.2. The Bertz CT molecular complexity index is 382. The molecule has 3 heteroatoms. The number of esters is 1. The fraction of sp³-hybridized carbons (Fsp3) is 0.824. The van der Waals surface area contributed by atoms with Crippen molar-refractivity contribution in [2.75, 3.05) is 6.61 Å². The molecule has 2 fully saturated rings. The fourth-order valence-electron chi connectivity index (χ4n) is 4.17. The Kier molecular flexibility index (Phi) is 4.16. The van der Waals surface area contributed by atoms with Crippen molar-refractivity contribution in [3.63, 3.8) is 0 Å². The lowest BCUT2D eigenvalue weighted by atomic mass is 9.71. The van der Waals surface area contributed by atoms with Gasteiger partial charge in [0.05, 0.1) is 11.5 Å². The maximum Gasteiger partial charge on any atom is 0.309 e. The normalized spacial score (nSPS) is 35.5. The van der Waals surface area contributed by atoms with Crippen LogP contribution in [0.4, 0.5) is 0 Å². The van der Waals surface area contributed by atoms with E-state index in [9.17, 15) is 9.90 Å². The number of allylic oxidation sites excluding steroid dienone is 2. The predicted molar refractivity (Wildman–Crippen MR) is 77.1 cm³/mol. The van der Waals surface area contributed by atoms with E-state index in [1.165, 1.54) is 12.8 Å². The lowest BCUT2D eigenvalue weighted by Crippen LogP contribution is -2.39. The fourth-order valence-corrected chi connectivity index (χ4v) is 4.17. The van der Waals surface area contributed by atoms with Gasteiger partial charge >= 0.3 is 5.97 Å². The number of fused-ring (bicyclic) bond motifs is 2. The average Bonchev–Trinajstić information content (AvgIpc) is 2.45. The summed E-state index contributed by atoms with van der Waals surface area (Å²) < 4.78 is 5.48. The zero-order valence-electron chi connectivity index (χ0n) is 12.2. The van der Waals surface area contributed by atoms with Gasteiger partial charge in [0, 0.05) is 0 Å². The summed E-state index contributed by atoms with van der Waals surface area (Å²) in [5.74, 6) is 1.21. The highest BCUT2D eigenvalue weighted by molar-refractivity contribution is 5.72. The second kappa shape index (κ2) is 5.88. The number of carbonyl (C=O) groups excluding carboxylic acids is 1. The number of carbonyl (C=O) groups is 1. The molecular formula is C17H26O3. The molecule has 0 aromatic carbocycles. The maximum atomic E-state index is 12.3. The van der Waals surface area contributed by atoms with Crippen LogP contribution in [0.5, 0.6) is 0 Å². The van der Waals surface area contributed by atoms with Crippen LogP contribution in [0.15, 0.2) is 12.2 Å². The first-order valence-corrected chi connectivity index (χ1v) is 8.20. The van der Waals surface area contributed by atoms with Crippen LogP contribution in [-0.4, -0.2) is 23.3 Å². The van der Waals surface area contributed by atoms with Crippen LogP contribution < -0.4 is 0 Å². The highest BCUT2D eigenvalue weighted by atomic mass is 16.5. The van der Waals surface area contributed by atoms with Crippen LogP contribution in [0.25, 0.3) is 0 Å². The van der Waals surface area contributed by atoms with Gasteiger partial charge < -0.3 is 9.84 Å². The van der Waals surface area contributed by atoms with E-state index in [1.54, 1.807) is 0 Å². The van der Waals surface area contributed by atoms with Gasteiger partial charge in [0.15, 0.2) is 0 Å². The van der Waals surface area contributed by atoms with Gasteiger partial charge in [-0.3, -0.25) is 4.79 Å². The van der Waals surface area contributed by atoms with Crippen molar-refractivity contribution in [2.24, 2.45) is 17.8 Å². The maximum absolute atomic E-state index is 12.3. The summed E-state index contributed by atoms with van der Waals surface area (Å²) in [6.07, 6.45) is 13.6. The first-order valence-electron chi connectivity index (χ1n) is 8.20. The Labute approximate surface area is 121 Å². The third-order valence-electron chi connectivity index (χ3n) is 5.32. The van der Waals surface area contributed by atoms with E-state index in [-0.39, 0.29) is 18.5 Å². The van der Waals surface area contributed by atoms with E-state index in [4.69, 9.17) is 4.74 Å². The van der Waals surface area contributed by atoms with Gasteiger partial charge in [-0.05, 0) is 50.4 Å². The standard InChI is InChI=1S/C17H26O3/c18-16(20-12-17(19)7-2-1-3-8-17)15-10-13-5-4-6-14(9-13)11-15/h4-5,13-15,19H,1-3,6-12H2/t13-,14+,15+/m0/s1. The third-order valence-corrected chi connectivity index (χ3v) is 5.32. The first kappa shape index (κ1) is 14.1. The predicted octanol–water partition coefficient (Wildman–Crippen LogP) is 3.22. The average molecular weight is 278 g/mol. The van der Waals surface area contributed by atoms with Crippen LogP contribution in [0.1, 0.15) is 57.8 Å². The quantitative estimate of drug-likeness (QED) is 0.637. The zero-order chi connectivity index (χ0) is 14.0. The Morgan fingerprint density at radius 1 is 1.20 bits per heavy atom. The Morgan fingerprint density at radius 2 is 2.00 bits per heavy atom. The number of ether oxygens (including phenoxy) is 1. The molecule has 3 aliphatic carbocycles. The molecule has 0 aromatic heterocycles. The molecule has 0 aliphatic heterocycles. The van der Waals surface area contributed by atoms with Crippen LogP contribution in [0.2, 0.25) is 0 Å². The minimum absolute atomic E-state index is 0.0518. The summed E-state index contributed by atoms with van der Waals surface area (Å²) >= 11 is 0. The van der Waals surface area contributed by atoms with Crippen molar-refractivity contribution in [3.8, 4) is 0 Å². The van der Waals surface area contributed by atoms with Crippen molar-refractivity contribution in [1.82, 2.24) is 0 Å². The van der Waals surface area contributed by atoms with E-state index in [0.29, 0.717) is 11.8 Å². The molecule has 3 rings (SSSR count). The van der Waals surface area contributed by atoms with Crippen LogP contribution in [0, 0.1) is 17.8 Å². The highest BCUT2D eigenvalue weighted by Gasteiger charge is 2.36. The summed E-state index contributed by atoms with van der Waals surface area (Å²) in [6.45, 7) is 0.202. The second-order valence-corrected chi connectivity index (χ2v) is 7.09. The van der Waals surface area contributed by atoms with Gasteiger partial charge in [0.2, 0.25) is 0 Å². The molecule has 3 nitrogen and oxygen atoms in total. The van der Waals surface area contributed by atoms with Crippen molar-refractivity contribution in [1.29, 1.82) is 0 Å². The molecule has 1 N–H and O–H groups in total. The van der Waals surface area contributed by atoms with Crippen LogP contribution in [0.3, 0.4) is 0 Å². The number of aliphatic hydroxyl groups is 1. The van der Waals surface area contributed by atoms with E-state index in [2.05, 4.69) is 12.2 Å². The molecule has 3 aliphatic rings. The summed E-state index contributed by atoms with van der Waals surface area (Å²) in [6, 6.07) is 0. The molecule has 3 atom stereocenters. The van der Waals surface area contributed by atoms with Gasteiger partial charge in [-0.15, -0.1) is 0 Å². The second-order valence-electron chi connectivity index (χ2n) is 7.09. The highest BCUT2D eigenvalue weighted by Crippen LogP contribution is 2.40. The smallest absolute Gasteiger partial charge is 0.309 e. The Balaban J connectivity index is 1.50. The molecule has 0 radical (unpaired) electrons. The topological polar surface area (TPSA) is 46.5 Å². The molecule has 0 spiro atoms. The van der Waals surface area contributed by atoms with Gasteiger partial charge in [0.25, 0.3) is 0 Å². The van der Waals surface area contributed by atoms with Crippen LogP contribution in [-0.2, 0) is 9.53 Å². The SMILES string of the molecule is O=C(OCC1(O)CCCCC1)[C@@H]1C[C@H]2C=CC[C@H](C2)C1. The molecule has 0 unspecified atom stereocenters. The van der Waals surface area contributed by atoms with E-state index < -0.39 is 5.60 Å². The lowest BCUT2D eigenvalue weighted by molar-refractivity contribution is -0.160. The largest absolute Gasteiger partial charge is 0.462 e. The summed E-state index contributed by atoms with van der Waals surface area (Å²) in [4.78, 5) is 12.3. The number of hydrogen-bond donors (Lipinski definition) is 1. The van der Waals surface area contributed by atoms with E-state index >= 15 is 0 Å². The minimum atomic E-state index is -0.752. The monoisotopic (exact) mass is 278 g/mol. The van der Waals surface area contributed by atoms with E-state index in [1.807, 2.05) is 0 Å². The molecule has 0 saturated heterocycles. The molecule has 112 valence electrons. The van der Waals surface area contributed by atoms with Gasteiger partial charge in [-0.25, -0.2) is 0 Å².